The molecular formula is C17H18FNO2. The van der Waals surface area contributed by atoms with Gasteiger partial charge in [-0.2, -0.15) is 0 Å². The Kier molecular flexibility index (Phi) is 4.26. The van der Waals surface area contributed by atoms with Crippen LogP contribution in [0.1, 0.15) is 27.0 Å². The first-order chi connectivity index (χ1) is 9.90. The van der Waals surface area contributed by atoms with E-state index in [4.69, 9.17) is 5.11 Å². The summed E-state index contributed by atoms with van der Waals surface area (Å²) in [6.45, 7) is 4.34. The van der Waals surface area contributed by atoms with Gasteiger partial charge in [0.1, 0.15) is 5.82 Å². The molecule has 0 fully saturated rings. The van der Waals surface area contributed by atoms with E-state index in [9.17, 15) is 9.18 Å². The van der Waals surface area contributed by atoms with E-state index in [0.717, 1.165) is 11.3 Å². The summed E-state index contributed by atoms with van der Waals surface area (Å²) in [5.41, 5.74) is 3.36. The Morgan fingerprint density at radius 1 is 1.24 bits per heavy atom. The molecule has 3 nitrogen and oxygen atoms in total. The molecule has 4 heteroatoms. The number of carbonyl (C=O) groups is 1. The first kappa shape index (κ1) is 15.0. The second-order valence-corrected chi connectivity index (χ2v) is 5.23. The van der Waals surface area contributed by atoms with Crippen LogP contribution < -0.4 is 4.90 Å². The average molecular weight is 287 g/mol. The van der Waals surface area contributed by atoms with Gasteiger partial charge in [0.2, 0.25) is 0 Å². The third-order valence-corrected chi connectivity index (χ3v) is 3.48. The minimum absolute atomic E-state index is 0.290. The topological polar surface area (TPSA) is 40.5 Å². The quantitative estimate of drug-likeness (QED) is 0.930. The minimum atomic E-state index is -1.25. The third-order valence-electron chi connectivity index (χ3n) is 3.48. The second kappa shape index (κ2) is 5.95. The molecule has 2 aromatic carbocycles. The maximum atomic E-state index is 14.2. The van der Waals surface area contributed by atoms with Gasteiger partial charge in [0.05, 0.1) is 5.56 Å². The Morgan fingerprint density at radius 3 is 2.57 bits per heavy atom. The molecule has 0 amide bonds. The van der Waals surface area contributed by atoms with Crippen molar-refractivity contribution < 1.29 is 14.3 Å². The van der Waals surface area contributed by atoms with Crippen LogP contribution in [0.3, 0.4) is 0 Å². The lowest BCUT2D eigenvalue weighted by Gasteiger charge is -2.22. The van der Waals surface area contributed by atoms with E-state index < -0.39 is 11.8 Å². The molecule has 0 saturated heterocycles. The summed E-state index contributed by atoms with van der Waals surface area (Å²) in [7, 11) is 1.87. The van der Waals surface area contributed by atoms with Crippen molar-refractivity contribution in [3.8, 4) is 0 Å². The van der Waals surface area contributed by atoms with Gasteiger partial charge in [-0.15, -0.1) is 0 Å². The van der Waals surface area contributed by atoms with Crippen LogP contribution >= 0.6 is 0 Å². The molecule has 0 spiro atoms. The molecule has 0 aliphatic carbocycles. The third kappa shape index (κ3) is 3.21. The normalized spacial score (nSPS) is 10.5. The summed E-state index contributed by atoms with van der Waals surface area (Å²) in [6, 6.07) is 10.5. The molecule has 1 N–H and O–H groups in total. The molecule has 0 atom stereocenters. The van der Waals surface area contributed by atoms with E-state index in [0.29, 0.717) is 12.1 Å². The maximum Gasteiger partial charge on any atom is 0.338 e. The van der Waals surface area contributed by atoms with Gasteiger partial charge in [0, 0.05) is 24.8 Å². The molecule has 0 saturated carbocycles. The van der Waals surface area contributed by atoms with E-state index >= 15 is 0 Å². The molecule has 0 aromatic heterocycles. The van der Waals surface area contributed by atoms with Gasteiger partial charge in [-0.25, -0.2) is 9.18 Å². The minimum Gasteiger partial charge on any atom is -0.478 e. The summed E-state index contributed by atoms with van der Waals surface area (Å²) >= 11 is 0. The highest BCUT2D eigenvalue weighted by molar-refractivity contribution is 5.88. The number of anilines is 1. The zero-order valence-corrected chi connectivity index (χ0v) is 12.4. The summed E-state index contributed by atoms with van der Waals surface area (Å²) < 4.78 is 14.2. The number of aryl methyl sites for hydroxylation is 2. The Bertz CT molecular complexity index is 682. The fourth-order valence-corrected chi connectivity index (χ4v) is 2.44. The molecule has 0 bridgehead atoms. The van der Waals surface area contributed by atoms with Crippen molar-refractivity contribution in [1.29, 1.82) is 0 Å². The summed E-state index contributed by atoms with van der Waals surface area (Å²) in [6.07, 6.45) is 0. The highest BCUT2D eigenvalue weighted by Gasteiger charge is 2.15. The van der Waals surface area contributed by atoms with E-state index in [2.05, 4.69) is 6.07 Å². The van der Waals surface area contributed by atoms with Gasteiger partial charge >= 0.3 is 5.97 Å². The van der Waals surface area contributed by atoms with Crippen molar-refractivity contribution in [1.82, 2.24) is 0 Å². The van der Waals surface area contributed by atoms with E-state index in [1.54, 1.807) is 12.1 Å². The van der Waals surface area contributed by atoms with Crippen LogP contribution in [0.4, 0.5) is 10.1 Å². The lowest BCUT2D eigenvalue weighted by atomic mass is 10.1. The molecule has 21 heavy (non-hydrogen) atoms. The summed E-state index contributed by atoms with van der Waals surface area (Å²) in [5.74, 6) is -1.91. The molecule has 2 aromatic rings. The smallest absolute Gasteiger partial charge is 0.338 e. The number of carboxylic acids is 1. The number of nitrogens with zero attached hydrogens (tertiary/aromatic N) is 1. The van der Waals surface area contributed by atoms with Crippen LogP contribution in [-0.2, 0) is 6.54 Å². The molecule has 110 valence electrons. The van der Waals surface area contributed by atoms with E-state index in [1.165, 1.54) is 11.6 Å². The molecular weight excluding hydrogens is 269 g/mol. The molecule has 0 unspecified atom stereocenters. The van der Waals surface area contributed by atoms with E-state index in [-0.39, 0.29) is 5.56 Å². The monoisotopic (exact) mass is 287 g/mol. The first-order valence-corrected chi connectivity index (χ1v) is 6.69. The highest BCUT2D eigenvalue weighted by Crippen LogP contribution is 2.23. The number of hydrogen-bond acceptors (Lipinski definition) is 2. The van der Waals surface area contributed by atoms with Gasteiger partial charge in [0.15, 0.2) is 0 Å². The van der Waals surface area contributed by atoms with Gasteiger partial charge in [-0.3, -0.25) is 0 Å². The van der Waals surface area contributed by atoms with Crippen molar-refractivity contribution in [2.75, 3.05) is 11.9 Å². The molecule has 0 aliphatic rings. The number of rotatable bonds is 4. The van der Waals surface area contributed by atoms with Crippen LogP contribution in [0.25, 0.3) is 0 Å². The van der Waals surface area contributed by atoms with Crippen molar-refractivity contribution in [3.05, 3.63) is 64.5 Å². The highest BCUT2D eigenvalue weighted by atomic mass is 19.1. The number of halogens is 1. The lowest BCUT2D eigenvalue weighted by molar-refractivity contribution is 0.0691. The number of hydrogen-bond donors (Lipinski definition) is 1. The SMILES string of the molecule is Cc1ccc(N(C)Cc2cccc(C(=O)O)c2F)c(C)c1. The second-order valence-electron chi connectivity index (χ2n) is 5.23. The van der Waals surface area contributed by atoms with Crippen molar-refractivity contribution in [2.24, 2.45) is 0 Å². The van der Waals surface area contributed by atoms with Crippen molar-refractivity contribution in [2.45, 2.75) is 20.4 Å². The van der Waals surface area contributed by atoms with Gasteiger partial charge < -0.3 is 10.0 Å². The summed E-state index contributed by atoms with van der Waals surface area (Å²) in [4.78, 5) is 12.9. The van der Waals surface area contributed by atoms with Crippen LogP contribution in [-0.4, -0.2) is 18.1 Å². The van der Waals surface area contributed by atoms with Gasteiger partial charge in [-0.1, -0.05) is 29.8 Å². The van der Waals surface area contributed by atoms with Crippen molar-refractivity contribution >= 4 is 11.7 Å². The maximum absolute atomic E-state index is 14.2. The number of aromatic carboxylic acids is 1. The lowest BCUT2D eigenvalue weighted by Crippen LogP contribution is -2.19. The first-order valence-electron chi connectivity index (χ1n) is 6.69. The molecule has 0 heterocycles. The predicted octanol–water partition coefficient (Wildman–Crippen LogP) is 3.78. The Labute approximate surface area is 123 Å². The van der Waals surface area contributed by atoms with Crippen LogP contribution in [0.15, 0.2) is 36.4 Å². The van der Waals surface area contributed by atoms with E-state index in [1.807, 2.05) is 37.9 Å². The van der Waals surface area contributed by atoms with Crippen LogP contribution in [0.5, 0.6) is 0 Å². The fourth-order valence-electron chi connectivity index (χ4n) is 2.44. The molecule has 2 rings (SSSR count). The summed E-state index contributed by atoms with van der Waals surface area (Å²) in [5, 5.41) is 8.96. The standard InChI is InChI=1S/C17H18FNO2/c1-11-7-8-15(12(2)9-11)19(3)10-13-5-4-6-14(16(13)18)17(20)21/h4-9H,10H2,1-3H3,(H,20,21). The zero-order valence-electron chi connectivity index (χ0n) is 12.4. The van der Waals surface area contributed by atoms with Crippen LogP contribution in [0.2, 0.25) is 0 Å². The van der Waals surface area contributed by atoms with Gasteiger partial charge in [-0.05, 0) is 31.5 Å². The van der Waals surface area contributed by atoms with Crippen molar-refractivity contribution in [3.63, 3.8) is 0 Å². The zero-order chi connectivity index (χ0) is 15.6. The largest absolute Gasteiger partial charge is 0.478 e. The fraction of sp³-hybridized carbons (Fsp3) is 0.235. The average Bonchev–Trinajstić information content (AvgIpc) is 2.40. The Hall–Kier alpha value is -2.36. The number of carboxylic acid groups (broad SMARTS) is 1. The molecule has 0 aliphatic heterocycles. The molecule has 0 radical (unpaired) electrons. The van der Waals surface area contributed by atoms with Gasteiger partial charge in [0.25, 0.3) is 0 Å². The number of benzene rings is 2. The Balaban J connectivity index is 2.29. The van der Waals surface area contributed by atoms with Crippen LogP contribution in [0, 0.1) is 19.7 Å². The predicted molar refractivity (Wildman–Crippen MR) is 81.4 cm³/mol. The Morgan fingerprint density at radius 2 is 1.95 bits per heavy atom.